The highest BCUT2D eigenvalue weighted by Crippen LogP contribution is 2.28. The number of hydrogen-bond donors (Lipinski definition) is 2. The van der Waals surface area contributed by atoms with Crippen molar-refractivity contribution in [2.24, 2.45) is 0 Å². The Labute approximate surface area is 101 Å². The summed E-state index contributed by atoms with van der Waals surface area (Å²) in [6.45, 7) is 6.58. The van der Waals surface area contributed by atoms with Gasteiger partial charge in [-0.15, -0.1) is 6.58 Å². The summed E-state index contributed by atoms with van der Waals surface area (Å²) in [5.41, 5.74) is 1.84. The molecule has 0 fully saturated rings. The standard InChI is InChI=1S/C13H16N2O2/c1-3-9(2)14-7-10-4-5-12-11(6-10)15-13(16)8-17-12/h3-6,9,14H,1,7-8H2,2H3,(H,15,16). The van der Waals surface area contributed by atoms with Crippen molar-refractivity contribution >= 4 is 11.6 Å². The molecule has 0 saturated heterocycles. The SMILES string of the molecule is C=CC(C)NCc1ccc2c(c1)NC(=O)CO2. The third-order valence-corrected chi connectivity index (χ3v) is 2.66. The quantitative estimate of drug-likeness (QED) is 0.777. The summed E-state index contributed by atoms with van der Waals surface area (Å²) >= 11 is 0. The van der Waals surface area contributed by atoms with Crippen LogP contribution in [0.25, 0.3) is 0 Å². The molecule has 2 rings (SSSR count). The van der Waals surface area contributed by atoms with Gasteiger partial charge in [-0.2, -0.15) is 0 Å². The molecule has 2 N–H and O–H groups in total. The Hall–Kier alpha value is -1.81. The molecule has 0 bridgehead atoms. The summed E-state index contributed by atoms with van der Waals surface area (Å²) in [7, 11) is 0. The second kappa shape index (κ2) is 5.01. The van der Waals surface area contributed by atoms with E-state index >= 15 is 0 Å². The zero-order chi connectivity index (χ0) is 12.3. The minimum absolute atomic E-state index is 0.0953. The zero-order valence-corrected chi connectivity index (χ0v) is 9.82. The smallest absolute Gasteiger partial charge is 0.262 e. The van der Waals surface area contributed by atoms with Gasteiger partial charge in [-0.05, 0) is 24.6 Å². The van der Waals surface area contributed by atoms with Crippen molar-refractivity contribution in [3.63, 3.8) is 0 Å². The summed E-state index contributed by atoms with van der Waals surface area (Å²) in [5, 5.41) is 6.09. The lowest BCUT2D eigenvalue weighted by molar-refractivity contribution is -0.118. The highest BCUT2D eigenvalue weighted by Gasteiger charge is 2.15. The second-order valence-electron chi connectivity index (χ2n) is 4.07. The number of hydrogen-bond acceptors (Lipinski definition) is 3. The van der Waals surface area contributed by atoms with Gasteiger partial charge < -0.3 is 15.4 Å². The topological polar surface area (TPSA) is 50.4 Å². The van der Waals surface area contributed by atoms with E-state index < -0.39 is 0 Å². The molecule has 1 amide bonds. The van der Waals surface area contributed by atoms with Gasteiger partial charge in [0.1, 0.15) is 5.75 Å². The maximum Gasteiger partial charge on any atom is 0.262 e. The number of amides is 1. The normalized spacial score (nSPS) is 15.5. The Morgan fingerprint density at radius 1 is 1.65 bits per heavy atom. The van der Waals surface area contributed by atoms with Crippen LogP contribution in [0.15, 0.2) is 30.9 Å². The second-order valence-corrected chi connectivity index (χ2v) is 4.07. The van der Waals surface area contributed by atoms with Gasteiger partial charge in [0.05, 0.1) is 5.69 Å². The Morgan fingerprint density at radius 2 is 2.47 bits per heavy atom. The highest BCUT2D eigenvalue weighted by atomic mass is 16.5. The van der Waals surface area contributed by atoms with Crippen molar-refractivity contribution in [1.29, 1.82) is 0 Å². The molecule has 0 aliphatic carbocycles. The molecule has 17 heavy (non-hydrogen) atoms. The lowest BCUT2D eigenvalue weighted by Gasteiger charge is -2.19. The molecule has 0 radical (unpaired) electrons. The van der Waals surface area contributed by atoms with Gasteiger partial charge in [0, 0.05) is 12.6 Å². The van der Waals surface area contributed by atoms with Gasteiger partial charge in [-0.1, -0.05) is 12.1 Å². The number of anilines is 1. The molecule has 4 heteroatoms. The lowest BCUT2D eigenvalue weighted by Crippen LogP contribution is -2.26. The van der Waals surface area contributed by atoms with Crippen LogP contribution in [0.5, 0.6) is 5.75 Å². The Bertz CT molecular complexity index is 443. The van der Waals surface area contributed by atoms with E-state index in [1.165, 1.54) is 0 Å². The van der Waals surface area contributed by atoms with Crippen LogP contribution >= 0.6 is 0 Å². The number of rotatable bonds is 4. The fourth-order valence-corrected chi connectivity index (χ4v) is 1.60. The molecule has 90 valence electrons. The van der Waals surface area contributed by atoms with Crippen molar-refractivity contribution in [2.75, 3.05) is 11.9 Å². The van der Waals surface area contributed by atoms with Crippen molar-refractivity contribution in [3.05, 3.63) is 36.4 Å². The van der Waals surface area contributed by atoms with Gasteiger partial charge in [0.25, 0.3) is 5.91 Å². The molecular weight excluding hydrogens is 216 g/mol. The van der Waals surface area contributed by atoms with Crippen molar-refractivity contribution in [2.45, 2.75) is 19.5 Å². The van der Waals surface area contributed by atoms with E-state index in [2.05, 4.69) is 17.2 Å². The monoisotopic (exact) mass is 232 g/mol. The van der Waals surface area contributed by atoms with Crippen molar-refractivity contribution < 1.29 is 9.53 Å². The molecule has 0 aromatic heterocycles. The molecule has 1 aromatic carbocycles. The first kappa shape index (κ1) is 11.7. The van der Waals surface area contributed by atoms with Crippen LogP contribution in [0.4, 0.5) is 5.69 Å². The molecular formula is C13H16N2O2. The Kier molecular flexibility index (Phi) is 3.44. The number of benzene rings is 1. The van der Waals surface area contributed by atoms with E-state index in [0.29, 0.717) is 0 Å². The molecule has 1 aliphatic heterocycles. The van der Waals surface area contributed by atoms with Crippen LogP contribution in [0.1, 0.15) is 12.5 Å². The Morgan fingerprint density at radius 3 is 3.24 bits per heavy atom. The average Bonchev–Trinajstić information content (AvgIpc) is 2.35. The molecule has 4 nitrogen and oxygen atoms in total. The number of nitrogens with one attached hydrogen (secondary N) is 2. The summed E-state index contributed by atoms with van der Waals surface area (Å²) in [6.07, 6.45) is 1.85. The van der Waals surface area contributed by atoms with Gasteiger partial charge in [0.2, 0.25) is 0 Å². The minimum Gasteiger partial charge on any atom is -0.482 e. The van der Waals surface area contributed by atoms with Crippen molar-refractivity contribution in [1.82, 2.24) is 5.32 Å². The minimum atomic E-state index is -0.109. The van der Waals surface area contributed by atoms with E-state index in [1.807, 2.05) is 31.2 Å². The number of ether oxygens (including phenoxy) is 1. The lowest BCUT2D eigenvalue weighted by atomic mass is 10.1. The first-order valence-corrected chi connectivity index (χ1v) is 5.60. The highest BCUT2D eigenvalue weighted by molar-refractivity contribution is 5.95. The van der Waals surface area contributed by atoms with E-state index in [-0.39, 0.29) is 18.6 Å². The zero-order valence-electron chi connectivity index (χ0n) is 9.82. The molecule has 1 aliphatic rings. The van der Waals surface area contributed by atoms with E-state index in [1.54, 1.807) is 0 Å². The van der Waals surface area contributed by atoms with Gasteiger partial charge in [-0.25, -0.2) is 0 Å². The predicted octanol–water partition coefficient (Wildman–Crippen LogP) is 1.68. The maximum atomic E-state index is 11.2. The number of carbonyl (C=O) groups is 1. The third kappa shape index (κ3) is 2.85. The largest absolute Gasteiger partial charge is 0.482 e. The van der Waals surface area contributed by atoms with Crippen LogP contribution in [-0.2, 0) is 11.3 Å². The first-order valence-electron chi connectivity index (χ1n) is 5.60. The molecule has 0 spiro atoms. The molecule has 0 saturated carbocycles. The number of fused-ring (bicyclic) bond motifs is 1. The molecule has 1 unspecified atom stereocenters. The van der Waals surface area contributed by atoms with Crippen LogP contribution < -0.4 is 15.4 Å². The molecule has 1 aromatic rings. The fraction of sp³-hybridized carbons (Fsp3) is 0.308. The van der Waals surface area contributed by atoms with E-state index in [4.69, 9.17) is 4.74 Å². The fourth-order valence-electron chi connectivity index (χ4n) is 1.60. The van der Waals surface area contributed by atoms with Gasteiger partial charge in [-0.3, -0.25) is 4.79 Å². The van der Waals surface area contributed by atoms with Gasteiger partial charge >= 0.3 is 0 Å². The van der Waals surface area contributed by atoms with E-state index in [9.17, 15) is 4.79 Å². The van der Waals surface area contributed by atoms with Crippen LogP contribution in [0, 0.1) is 0 Å². The first-order chi connectivity index (χ1) is 8.19. The van der Waals surface area contributed by atoms with Crippen LogP contribution in [0.2, 0.25) is 0 Å². The summed E-state index contributed by atoms with van der Waals surface area (Å²) < 4.78 is 5.29. The Balaban J connectivity index is 2.07. The van der Waals surface area contributed by atoms with E-state index in [0.717, 1.165) is 23.5 Å². The summed E-state index contributed by atoms with van der Waals surface area (Å²) in [5.74, 6) is 0.618. The van der Waals surface area contributed by atoms with Crippen molar-refractivity contribution in [3.8, 4) is 5.75 Å². The number of carbonyl (C=O) groups excluding carboxylic acids is 1. The predicted molar refractivity (Wildman–Crippen MR) is 67.1 cm³/mol. The average molecular weight is 232 g/mol. The van der Waals surface area contributed by atoms with Crippen LogP contribution in [-0.4, -0.2) is 18.6 Å². The summed E-state index contributed by atoms with van der Waals surface area (Å²) in [4.78, 5) is 11.2. The summed E-state index contributed by atoms with van der Waals surface area (Å²) in [6, 6.07) is 6.05. The maximum absolute atomic E-state index is 11.2. The van der Waals surface area contributed by atoms with Gasteiger partial charge in [0.15, 0.2) is 6.61 Å². The third-order valence-electron chi connectivity index (χ3n) is 2.66. The molecule has 1 atom stereocenters. The van der Waals surface area contributed by atoms with Crippen LogP contribution in [0.3, 0.4) is 0 Å². The molecule has 1 heterocycles.